The number of hydrogen-bond acceptors (Lipinski definition) is 2. The minimum absolute atomic E-state index is 0.000582. The van der Waals surface area contributed by atoms with Gasteiger partial charge in [0, 0.05) is 16.4 Å². The normalized spacial score (nSPS) is 12.9. The first-order valence-corrected chi connectivity index (χ1v) is 6.68. The molecule has 0 aliphatic carbocycles. The van der Waals surface area contributed by atoms with Crippen LogP contribution in [0.1, 0.15) is 57.7 Å². The fraction of sp³-hybridized carbons (Fsp3) is 0.471. The molecular formula is C17H22O2. The zero-order chi connectivity index (χ0) is 14.4. The third kappa shape index (κ3) is 2.58. The van der Waals surface area contributed by atoms with Gasteiger partial charge in [-0.2, -0.15) is 0 Å². The van der Waals surface area contributed by atoms with Gasteiger partial charge >= 0.3 is 0 Å². The first-order chi connectivity index (χ1) is 8.60. The molecule has 0 unspecified atom stereocenters. The predicted molar refractivity (Wildman–Crippen MR) is 78.7 cm³/mol. The zero-order valence-electron chi connectivity index (χ0n) is 12.6. The quantitative estimate of drug-likeness (QED) is 0.677. The molecule has 0 radical (unpaired) electrons. The van der Waals surface area contributed by atoms with Gasteiger partial charge in [0.05, 0.1) is 0 Å². The fourth-order valence-electron chi connectivity index (χ4n) is 2.14. The van der Waals surface area contributed by atoms with E-state index in [0.29, 0.717) is 5.76 Å². The Labute approximate surface area is 114 Å². The maximum absolute atomic E-state index is 12.3. The topological polar surface area (TPSA) is 30.2 Å². The molecule has 2 rings (SSSR count). The highest BCUT2D eigenvalue weighted by Gasteiger charge is 2.27. The van der Waals surface area contributed by atoms with Gasteiger partial charge < -0.3 is 4.42 Å². The number of para-hydroxylation sites is 1. The maximum Gasteiger partial charge on any atom is 0.203 e. The summed E-state index contributed by atoms with van der Waals surface area (Å²) in [6.07, 6.45) is 0. The Hall–Kier alpha value is -1.57. The largest absolute Gasteiger partial charge is 0.453 e. The smallest absolute Gasteiger partial charge is 0.203 e. The molecule has 0 N–H and O–H groups in total. The standard InChI is InChI=1S/C17H22O2/c1-16(2,3)12-9-7-8-11-10-13(19-14(11)12)15(18)17(4,5)6/h7-10H,1-6H3. The second kappa shape index (κ2) is 4.22. The lowest BCUT2D eigenvalue weighted by molar-refractivity contribution is 0.0830. The van der Waals surface area contributed by atoms with E-state index in [1.807, 2.05) is 39.0 Å². The van der Waals surface area contributed by atoms with Crippen LogP contribution < -0.4 is 0 Å². The molecule has 1 heterocycles. The van der Waals surface area contributed by atoms with Crippen LogP contribution in [-0.2, 0) is 5.41 Å². The van der Waals surface area contributed by atoms with Gasteiger partial charge in [0.15, 0.2) is 5.76 Å². The number of Topliss-reactive ketones (excluding diaryl/α,β-unsaturated/α-hetero) is 1. The van der Waals surface area contributed by atoms with E-state index in [1.54, 1.807) is 0 Å². The van der Waals surface area contributed by atoms with Gasteiger partial charge in [0.25, 0.3) is 0 Å². The maximum atomic E-state index is 12.3. The second-order valence-electron chi connectivity index (χ2n) is 7.16. The summed E-state index contributed by atoms with van der Waals surface area (Å²) in [5.74, 6) is 0.503. The van der Waals surface area contributed by atoms with Gasteiger partial charge in [-0.25, -0.2) is 0 Å². The van der Waals surface area contributed by atoms with Crippen molar-refractivity contribution in [1.29, 1.82) is 0 Å². The molecule has 0 saturated carbocycles. The van der Waals surface area contributed by atoms with Gasteiger partial charge in [-0.3, -0.25) is 4.79 Å². The molecule has 2 heteroatoms. The van der Waals surface area contributed by atoms with Crippen LogP contribution in [-0.4, -0.2) is 5.78 Å². The molecule has 0 atom stereocenters. The molecule has 0 bridgehead atoms. The number of carbonyl (C=O) groups excluding carboxylic acids is 1. The van der Waals surface area contributed by atoms with Crippen molar-refractivity contribution in [2.24, 2.45) is 5.41 Å². The van der Waals surface area contributed by atoms with Crippen molar-refractivity contribution in [3.05, 3.63) is 35.6 Å². The molecule has 1 aromatic heterocycles. The fourth-order valence-corrected chi connectivity index (χ4v) is 2.14. The first kappa shape index (κ1) is 13.9. The number of carbonyl (C=O) groups is 1. The summed E-state index contributed by atoms with van der Waals surface area (Å²) in [7, 11) is 0. The van der Waals surface area contributed by atoms with E-state index in [2.05, 4.69) is 26.8 Å². The van der Waals surface area contributed by atoms with Gasteiger partial charge in [0.1, 0.15) is 5.58 Å². The van der Waals surface area contributed by atoms with Crippen LogP contribution in [0.2, 0.25) is 0 Å². The van der Waals surface area contributed by atoms with E-state index in [1.165, 1.54) is 0 Å². The summed E-state index contributed by atoms with van der Waals surface area (Å²) in [4.78, 5) is 12.3. The second-order valence-corrected chi connectivity index (χ2v) is 7.16. The molecule has 2 aromatic rings. The highest BCUT2D eigenvalue weighted by Crippen LogP contribution is 2.33. The van der Waals surface area contributed by atoms with Crippen molar-refractivity contribution in [3.63, 3.8) is 0 Å². The molecule has 2 nitrogen and oxygen atoms in total. The SMILES string of the molecule is CC(C)(C)C(=O)c1cc2cccc(C(C)(C)C)c2o1. The van der Waals surface area contributed by atoms with E-state index in [4.69, 9.17) is 4.42 Å². The Morgan fingerprint density at radius 2 is 1.68 bits per heavy atom. The summed E-state index contributed by atoms with van der Waals surface area (Å²) >= 11 is 0. The molecule has 0 aliphatic heterocycles. The van der Waals surface area contributed by atoms with Crippen molar-refractivity contribution in [3.8, 4) is 0 Å². The summed E-state index contributed by atoms with van der Waals surface area (Å²) in [6, 6.07) is 7.94. The Balaban J connectivity index is 2.62. The molecular weight excluding hydrogens is 236 g/mol. The predicted octanol–water partition coefficient (Wildman–Crippen LogP) is 4.96. The molecule has 19 heavy (non-hydrogen) atoms. The minimum atomic E-state index is -0.421. The molecule has 0 fully saturated rings. The van der Waals surface area contributed by atoms with Crippen LogP contribution >= 0.6 is 0 Å². The van der Waals surface area contributed by atoms with Gasteiger partial charge in [-0.1, -0.05) is 59.7 Å². The van der Waals surface area contributed by atoms with Crippen LogP contribution in [0.15, 0.2) is 28.7 Å². The summed E-state index contributed by atoms with van der Waals surface area (Å²) in [5.41, 5.74) is 1.55. The molecule has 0 saturated heterocycles. The van der Waals surface area contributed by atoms with Crippen LogP contribution in [0.5, 0.6) is 0 Å². The van der Waals surface area contributed by atoms with E-state index in [9.17, 15) is 4.79 Å². The van der Waals surface area contributed by atoms with Crippen LogP contribution in [0.3, 0.4) is 0 Å². The van der Waals surface area contributed by atoms with E-state index < -0.39 is 5.41 Å². The van der Waals surface area contributed by atoms with Crippen LogP contribution in [0.25, 0.3) is 11.0 Å². The lowest BCUT2D eigenvalue weighted by Crippen LogP contribution is -2.19. The zero-order valence-corrected chi connectivity index (χ0v) is 12.6. The minimum Gasteiger partial charge on any atom is -0.453 e. The number of furan rings is 1. The lowest BCUT2D eigenvalue weighted by Gasteiger charge is -2.19. The van der Waals surface area contributed by atoms with Crippen molar-refractivity contribution in [1.82, 2.24) is 0 Å². The summed E-state index contributed by atoms with van der Waals surface area (Å²) in [5, 5.41) is 1.00. The Morgan fingerprint density at radius 3 is 2.21 bits per heavy atom. The number of benzene rings is 1. The highest BCUT2D eigenvalue weighted by molar-refractivity contribution is 6.01. The van der Waals surface area contributed by atoms with Crippen molar-refractivity contribution in [2.45, 2.75) is 47.0 Å². The molecule has 102 valence electrons. The summed E-state index contributed by atoms with van der Waals surface area (Å²) < 4.78 is 5.86. The number of fused-ring (bicyclic) bond motifs is 1. The van der Waals surface area contributed by atoms with Crippen molar-refractivity contribution < 1.29 is 9.21 Å². The highest BCUT2D eigenvalue weighted by atomic mass is 16.3. The number of ketones is 1. The third-order valence-corrected chi connectivity index (χ3v) is 3.26. The van der Waals surface area contributed by atoms with Gasteiger partial charge in [0.2, 0.25) is 5.78 Å². The number of rotatable bonds is 1. The Morgan fingerprint density at radius 1 is 1.05 bits per heavy atom. The van der Waals surface area contributed by atoms with E-state index >= 15 is 0 Å². The Bertz CT molecular complexity index is 619. The van der Waals surface area contributed by atoms with Gasteiger partial charge in [-0.05, 0) is 11.5 Å². The third-order valence-electron chi connectivity index (χ3n) is 3.26. The van der Waals surface area contributed by atoms with E-state index in [0.717, 1.165) is 16.5 Å². The summed E-state index contributed by atoms with van der Waals surface area (Å²) in [6.45, 7) is 12.2. The lowest BCUT2D eigenvalue weighted by atomic mass is 9.86. The first-order valence-electron chi connectivity index (χ1n) is 6.68. The van der Waals surface area contributed by atoms with E-state index in [-0.39, 0.29) is 11.2 Å². The van der Waals surface area contributed by atoms with Crippen LogP contribution in [0.4, 0.5) is 0 Å². The number of hydrogen-bond donors (Lipinski definition) is 0. The molecule has 0 spiro atoms. The average Bonchev–Trinajstić information content (AvgIpc) is 2.67. The van der Waals surface area contributed by atoms with Gasteiger partial charge in [-0.15, -0.1) is 0 Å². The van der Waals surface area contributed by atoms with Crippen molar-refractivity contribution >= 4 is 16.8 Å². The Kier molecular flexibility index (Phi) is 3.08. The average molecular weight is 258 g/mol. The monoisotopic (exact) mass is 258 g/mol. The van der Waals surface area contributed by atoms with Crippen molar-refractivity contribution in [2.75, 3.05) is 0 Å². The molecule has 0 amide bonds. The molecule has 0 aliphatic rings. The van der Waals surface area contributed by atoms with Crippen LogP contribution in [0, 0.1) is 5.41 Å². The molecule has 1 aromatic carbocycles.